The predicted molar refractivity (Wildman–Crippen MR) is 103 cm³/mol. The molecule has 6 nitrogen and oxygen atoms in total. The van der Waals surface area contributed by atoms with E-state index in [1.54, 1.807) is 23.7 Å². The van der Waals surface area contributed by atoms with Crippen LogP contribution in [0.1, 0.15) is 49.6 Å². The van der Waals surface area contributed by atoms with Gasteiger partial charge < -0.3 is 9.42 Å². The Kier molecular flexibility index (Phi) is 5.58. The first-order valence-electron chi connectivity index (χ1n) is 9.37. The summed E-state index contributed by atoms with van der Waals surface area (Å²) in [6.07, 6.45) is 8.81. The minimum Gasteiger partial charge on any atom is -0.339 e. The average Bonchev–Trinajstić information content (AvgIpc) is 3.34. The van der Waals surface area contributed by atoms with Crippen molar-refractivity contribution in [1.29, 1.82) is 0 Å². The number of aryl methyl sites for hydroxylation is 1. The molecule has 0 bridgehead atoms. The van der Waals surface area contributed by atoms with Crippen LogP contribution in [0.25, 0.3) is 10.7 Å². The lowest BCUT2D eigenvalue weighted by Crippen LogP contribution is -2.35. The summed E-state index contributed by atoms with van der Waals surface area (Å²) in [7, 11) is 0. The monoisotopic (exact) mass is 382 g/mol. The quantitative estimate of drug-likeness (QED) is 0.659. The first kappa shape index (κ1) is 17.9. The number of amides is 1. The summed E-state index contributed by atoms with van der Waals surface area (Å²) in [6, 6.07) is 8.08. The lowest BCUT2D eigenvalue weighted by atomic mass is 10.0. The fourth-order valence-electron chi connectivity index (χ4n) is 3.56. The van der Waals surface area contributed by atoms with Crippen molar-refractivity contribution in [2.45, 2.75) is 44.6 Å². The van der Waals surface area contributed by atoms with Gasteiger partial charge in [-0.05, 0) is 42.0 Å². The minimum absolute atomic E-state index is 0.132. The Balaban J connectivity index is 1.43. The van der Waals surface area contributed by atoms with Crippen LogP contribution in [-0.4, -0.2) is 32.5 Å². The molecule has 1 unspecified atom stereocenters. The first-order valence-corrected chi connectivity index (χ1v) is 10.2. The zero-order valence-electron chi connectivity index (χ0n) is 15.1. The number of pyridine rings is 1. The van der Waals surface area contributed by atoms with Crippen LogP contribution in [0.15, 0.2) is 46.6 Å². The molecule has 0 spiro atoms. The Morgan fingerprint density at radius 2 is 2.11 bits per heavy atom. The highest BCUT2D eigenvalue weighted by atomic mass is 32.1. The van der Waals surface area contributed by atoms with E-state index in [-0.39, 0.29) is 11.9 Å². The van der Waals surface area contributed by atoms with Crippen molar-refractivity contribution in [3.8, 4) is 10.7 Å². The minimum atomic E-state index is 0.132. The maximum Gasteiger partial charge on any atom is 0.227 e. The Morgan fingerprint density at radius 3 is 2.93 bits per heavy atom. The molecule has 7 heteroatoms. The van der Waals surface area contributed by atoms with E-state index in [1.165, 1.54) is 6.42 Å². The molecule has 1 amide bonds. The van der Waals surface area contributed by atoms with E-state index in [0.717, 1.165) is 36.2 Å². The van der Waals surface area contributed by atoms with Gasteiger partial charge in [0.15, 0.2) is 0 Å². The standard InChI is InChI=1S/C20H22N4O2S/c25-19(8-7-18-22-20(23-26-18)17-6-4-14-27-17)24-13-3-1-2-5-16(24)15-9-11-21-12-10-15/h4,6,9-12,14,16H,1-3,5,7-8,13H2. The molecule has 1 aliphatic heterocycles. The van der Waals surface area contributed by atoms with Crippen LogP contribution in [0.5, 0.6) is 0 Å². The number of hydrogen-bond acceptors (Lipinski definition) is 6. The van der Waals surface area contributed by atoms with Crippen LogP contribution in [0.4, 0.5) is 0 Å². The zero-order valence-corrected chi connectivity index (χ0v) is 15.9. The number of thiophene rings is 1. The highest BCUT2D eigenvalue weighted by Gasteiger charge is 2.26. The summed E-state index contributed by atoms with van der Waals surface area (Å²) >= 11 is 1.57. The van der Waals surface area contributed by atoms with Gasteiger partial charge in [-0.1, -0.05) is 24.1 Å². The molecular formula is C20H22N4O2S. The lowest BCUT2D eigenvalue weighted by Gasteiger charge is -2.30. The number of hydrogen-bond donors (Lipinski definition) is 0. The number of aromatic nitrogens is 3. The van der Waals surface area contributed by atoms with E-state index in [4.69, 9.17) is 4.52 Å². The third-order valence-corrected chi connectivity index (χ3v) is 5.79. The number of likely N-dealkylation sites (tertiary alicyclic amines) is 1. The maximum atomic E-state index is 13.0. The highest BCUT2D eigenvalue weighted by molar-refractivity contribution is 7.13. The summed E-state index contributed by atoms with van der Waals surface area (Å²) in [6.45, 7) is 0.802. The fraction of sp³-hybridized carbons (Fsp3) is 0.400. The van der Waals surface area contributed by atoms with Crippen molar-refractivity contribution in [1.82, 2.24) is 20.0 Å². The second-order valence-electron chi connectivity index (χ2n) is 6.72. The number of carbonyl (C=O) groups excluding carboxylic acids is 1. The van der Waals surface area contributed by atoms with Crippen molar-refractivity contribution in [2.75, 3.05) is 6.54 Å². The van der Waals surface area contributed by atoms with Crippen LogP contribution in [0.3, 0.4) is 0 Å². The van der Waals surface area contributed by atoms with Crippen LogP contribution in [0.2, 0.25) is 0 Å². The van der Waals surface area contributed by atoms with Gasteiger partial charge in [0.1, 0.15) is 0 Å². The number of nitrogens with zero attached hydrogens (tertiary/aromatic N) is 4. The summed E-state index contributed by atoms with van der Waals surface area (Å²) in [5.74, 6) is 1.26. The molecule has 1 fully saturated rings. The van der Waals surface area contributed by atoms with E-state index in [2.05, 4.69) is 15.1 Å². The largest absolute Gasteiger partial charge is 0.339 e. The molecule has 1 aliphatic rings. The molecule has 4 rings (SSSR count). The zero-order chi connectivity index (χ0) is 18.5. The Bertz CT molecular complexity index is 863. The molecule has 4 heterocycles. The van der Waals surface area contributed by atoms with Gasteiger partial charge in [-0.2, -0.15) is 4.98 Å². The normalized spacial score (nSPS) is 17.6. The molecule has 27 heavy (non-hydrogen) atoms. The Hall–Kier alpha value is -2.54. The van der Waals surface area contributed by atoms with Crippen molar-refractivity contribution in [3.63, 3.8) is 0 Å². The van der Waals surface area contributed by atoms with Gasteiger partial charge in [-0.25, -0.2) is 0 Å². The highest BCUT2D eigenvalue weighted by Crippen LogP contribution is 2.30. The molecule has 0 aliphatic carbocycles. The molecule has 0 N–H and O–H groups in total. The Morgan fingerprint density at radius 1 is 1.22 bits per heavy atom. The van der Waals surface area contributed by atoms with Crippen LogP contribution >= 0.6 is 11.3 Å². The van der Waals surface area contributed by atoms with E-state index in [0.29, 0.717) is 24.6 Å². The summed E-state index contributed by atoms with van der Waals surface area (Å²) < 4.78 is 5.33. The molecule has 0 radical (unpaired) electrons. The fourth-order valence-corrected chi connectivity index (χ4v) is 4.21. The third-order valence-electron chi connectivity index (χ3n) is 4.93. The first-order chi connectivity index (χ1) is 13.3. The van der Waals surface area contributed by atoms with Gasteiger partial charge >= 0.3 is 0 Å². The molecule has 3 aromatic rings. The SMILES string of the molecule is O=C(CCc1nc(-c2cccs2)no1)N1CCCCCC1c1ccncc1. The van der Waals surface area contributed by atoms with Crippen molar-refractivity contribution >= 4 is 17.2 Å². The topological polar surface area (TPSA) is 72.1 Å². The van der Waals surface area contributed by atoms with Crippen LogP contribution in [-0.2, 0) is 11.2 Å². The maximum absolute atomic E-state index is 13.0. The number of rotatable bonds is 5. The van der Waals surface area contributed by atoms with Crippen molar-refractivity contribution in [3.05, 3.63) is 53.5 Å². The molecule has 0 aromatic carbocycles. The predicted octanol–water partition coefficient (Wildman–Crippen LogP) is 4.27. The number of carbonyl (C=O) groups is 1. The Labute approximate surface area is 162 Å². The van der Waals surface area contributed by atoms with Gasteiger partial charge in [-0.3, -0.25) is 9.78 Å². The van der Waals surface area contributed by atoms with Gasteiger partial charge in [0.2, 0.25) is 17.6 Å². The average molecular weight is 382 g/mol. The van der Waals surface area contributed by atoms with Crippen LogP contribution < -0.4 is 0 Å². The molecular weight excluding hydrogens is 360 g/mol. The molecule has 140 valence electrons. The van der Waals surface area contributed by atoms with E-state index < -0.39 is 0 Å². The summed E-state index contributed by atoms with van der Waals surface area (Å²) in [4.78, 5) is 24.5. The molecule has 1 atom stereocenters. The second-order valence-corrected chi connectivity index (χ2v) is 7.67. The molecule has 0 saturated carbocycles. The van der Waals surface area contributed by atoms with E-state index in [9.17, 15) is 4.79 Å². The van der Waals surface area contributed by atoms with Crippen molar-refractivity contribution < 1.29 is 9.32 Å². The van der Waals surface area contributed by atoms with E-state index >= 15 is 0 Å². The smallest absolute Gasteiger partial charge is 0.227 e. The van der Waals surface area contributed by atoms with Gasteiger partial charge in [0.05, 0.1) is 10.9 Å². The lowest BCUT2D eigenvalue weighted by molar-refractivity contribution is -0.133. The second kappa shape index (κ2) is 8.43. The molecule has 3 aromatic heterocycles. The summed E-state index contributed by atoms with van der Waals surface area (Å²) in [5.41, 5.74) is 1.16. The third kappa shape index (κ3) is 4.24. The van der Waals surface area contributed by atoms with Gasteiger partial charge in [-0.15, -0.1) is 11.3 Å². The molecule has 1 saturated heterocycles. The summed E-state index contributed by atoms with van der Waals surface area (Å²) in [5, 5.41) is 6.00. The van der Waals surface area contributed by atoms with E-state index in [1.807, 2.05) is 34.5 Å². The van der Waals surface area contributed by atoms with Crippen molar-refractivity contribution in [2.24, 2.45) is 0 Å². The van der Waals surface area contributed by atoms with Gasteiger partial charge in [0, 0.05) is 31.8 Å². The van der Waals surface area contributed by atoms with Crippen LogP contribution in [0, 0.1) is 0 Å². The van der Waals surface area contributed by atoms with Gasteiger partial charge in [0.25, 0.3) is 0 Å².